The number of carbonyl (C=O) groups is 1. The molecule has 1 heterocycles. The van der Waals surface area contributed by atoms with E-state index in [1.54, 1.807) is 11.0 Å². The third-order valence-electron chi connectivity index (χ3n) is 4.59. The Labute approximate surface area is 143 Å². The van der Waals surface area contributed by atoms with E-state index < -0.39 is 11.0 Å². The zero-order valence-electron chi connectivity index (χ0n) is 13.3. The average molecular weight is 381 g/mol. The lowest BCUT2D eigenvalue weighted by atomic mass is 9.91. The van der Waals surface area contributed by atoms with Gasteiger partial charge in [0.1, 0.15) is 11.4 Å². The lowest BCUT2D eigenvalue weighted by Crippen LogP contribution is -2.39. The van der Waals surface area contributed by atoms with Gasteiger partial charge in [0.15, 0.2) is 0 Å². The van der Waals surface area contributed by atoms with Gasteiger partial charge in [-0.1, -0.05) is 22.0 Å². The molecule has 3 atom stereocenters. The fraction of sp³-hybridized carbons (Fsp3) is 0.529. The van der Waals surface area contributed by atoms with Gasteiger partial charge in [-0.25, -0.2) is 9.18 Å². The van der Waals surface area contributed by atoms with E-state index in [1.807, 2.05) is 20.8 Å². The lowest BCUT2D eigenvalue weighted by Gasteiger charge is -2.27. The first kappa shape index (κ1) is 16.3. The van der Waals surface area contributed by atoms with Crippen LogP contribution in [0.15, 0.2) is 22.7 Å². The molecule has 1 amide bonds. The first-order valence-corrected chi connectivity index (χ1v) is 8.33. The van der Waals surface area contributed by atoms with E-state index in [9.17, 15) is 14.4 Å². The van der Waals surface area contributed by atoms with Gasteiger partial charge >= 0.3 is 6.09 Å². The van der Waals surface area contributed by atoms with Crippen LogP contribution in [0.1, 0.15) is 26.3 Å². The largest absolute Gasteiger partial charge is 0.444 e. The quantitative estimate of drug-likeness (QED) is 0.743. The lowest BCUT2D eigenvalue weighted by molar-refractivity contribution is 0.0266. The number of fused-ring (bicyclic) bond motifs is 1. The maximum atomic E-state index is 13.3. The van der Waals surface area contributed by atoms with Crippen molar-refractivity contribution in [1.29, 1.82) is 5.26 Å². The molecule has 0 radical (unpaired) electrons. The van der Waals surface area contributed by atoms with Gasteiger partial charge in [0.05, 0.1) is 11.5 Å². The van der Waals surface area contributed by atoms with Gasteiger partial charge in [0.2, 0.25) is 0 Å². The Bertz CT molecular complexity index is 696. The number of benzene rings is 1. The van der Waals surface area contributed by atoms with Gasteiger partial charge < -0.3 is 9.64 Å². The summed E-state index contributed by atoms with van der Waals surface area (Å²) in [6.45, 7) is 6.48. The molecule has 4 nitrogen and oxygen atoms in total. The Balaban J connectivity index is 1.77. The van der Waals surface area contributed by atoms with E-state index in [2.05, 4.69) is 22.0 Å². The van der Waals surface area contributed by atoms with E-state index in [-0.39, 0.29) is 23.7 Å². The maximum absolute atomic E-state index is 13.3. The van der Waals surface area contributed by atoms with Gasteiger partial charge in [-0.3, -0.25) is 0 Å². The Morgan fingerprint density at radius 3 is 2.52 bits per heavy atom. The molecule has 1 saturated heterocycles. The number of likely N-dealkylation sites (tertiary alicyclic amines) is 1. The summed E-state index contributed by atoms with van der Waals surface area (Å²) in [7, 11) is 0. The highest BCUT2D eigenvalue weighted by atomic mass is 79.9. The molecule has 2 unspecified atom stereocenters. The van der Waals surface area contributed by atoms with Crippen LogP contribution < -0.4 is 0 Å². The van der Waals surface area contributed by atoms with Crippen LogP contribution in [0.2, 0.25) is 0 Å². The van der Waals surface area contributed by atoms with Crippen LogP contribution >= 0.6 is 15.9 Å². The first-order valence-electron chi connectivity index (χ1n) is 7.54. The number of nitrogens with zero attached hydrogens (tertiary/aromatic N) is 2. The number of halogens is 2. The smallest absolute Gasteiger partial charge is 0.410 e. The van der Waals surface area contributed by atoms with Crippen LogP contribution in [-0.2, 0) is 10.2 Å². The van der Waals surface area contributed by atoms with Crippen LogP contribution in [-0.4, -0.2) is 29.7 Å². The fourth-order valence-corrected chi connectivity index (χ4v) is 4.24. The molecule has 1 aromatic rings. The fourth-order valence-electron chi connectivity index (χ4n) is 3.56. The third kappa shape index (κ3) is 2.61. The van der Waals surface area contributed by atoms with E-state index in [4.69, 9.17) is 4.74 Å². The molecule has 1 aliphatic heterocycles. The number of hydrogen-bond donors (Lipinski definition) is 0. The summed E-state index contributed by atoms with van der Waals surface area (Å²) in [5, 5.41) is 9.72. The second kappa shape index (κ2) is 5.20. The zero-order chi connectivity index (χ0) is 17.0. The van der Waals surface area contributed by atoms with Crippen molar-refractivity contribution in [3.63, 3.8) is 0 Å². The topological polar surface area (TPSA) is 53.3 Å². The number of nitriles is 1. The predicted molar refractivity (Wildman–Crippen MR) is 86.2 cm³/mol. The third-order valence-corrected chi connectivity index (χ3v) is 5.25. The number of piperidine rings is 1. The first-order chi connectivity index (χ1) is 10.7. The van der Waals surface area contributed by atoms with Crippen LogP contribution in [0.5, 0.6) is 0 Å². The molecule has 6 heteroatoms. The van der Waals surface area contributed by atoms with Crippen molar-refractivity contribution in [3.05, 3.63) is 34.1 Å². The Hall–Kier alpha value is -1.61. The molecule has 1 aliphatic carbocycles. The van der Waals surface area contributed by atoms with Gasteiger partial charge in [0, 0.05) is 29.4 Å². The van der Waals surface area contributed by atoms with Crippen molar-refractivity contribution in [2.24, 2.45) is 11.8 Å². The molecule has 2 fully saturated rings. The Morgan fingerprint density at radius 1 is 1.43 bits per heavy atom. The molecule has 2 aliphatic rings. The molecule has 0 bridgehead atoms. The average Bonchev–Trinajstić information content (AvgIpc) is 2.81. The monoisotopic (exact) mass is 380 g/mol. The minimum absolute atomic E-state index is 0.0711. The van der Waals surface area contributed by atoms with Crippen molar-refractivity contribution < 1.29 is 13.9 Å². The van der Waals surface area contributed by atoms with Gasteiger partial charge in [-0.05, 0) is 38.5 Å². The summed E-state index contributed by atoms with van der Waals surface area (Å²) in [5.41, 5.74) is -0.360. The van der Waals surface area contributed by atoms with Crippen LogP contribution in [0, 0.1) is 29.0 Å². The minimum atomic E-state index is -0.634. The number of rotatable bonds is 1. The summed E-state index contributed by atoms with van der Waals surface area (Å²) in [4.78, 5) is 13.8. The molecular weight excluding hydrogens is 363 g/mol. The van der Waals surface area contributed by atoms with Crippen molar-refractivity contribution >= 4 is 22.0 Å². The van der Waals surface area contributed by atoms with Crippen LogP contribution in [0.25, 0.3) is 0 Å². The summed E-state index contributed by atoms with van der Waals surface area (Å²) in [6.07, 6.45) is -0.338. The molecule has 1 saturated carbocycles. The molecular formula is C17H18BrFN2O2. The van der Waals surface area contributed by atoms with Crippen LogP contribution in [0.3, 0.4) is 0 Å². The SMILES string of the molecule is CC(C)(C)OC(=O)N1CC2[C@H](C1)C2(C#N)c1ccc(F)cc1Br. The van der Waals surface area contributed by atoms with Gasteiger partial charge in [0.25, 0.3) is 0 Å². The normalized spacial score (nSPS) is 29.0. The maximum Gasteiger partial charge on any atom is 0.410 e. The van der Waals surface area contributed by atoms with Crippen molar-refractivity contribution in [2.45, 2.75) is 31.8 Å². The van der Waals surface area contributed by atoms with E-state index in [0.717, 1.165) is 5.56 Å². The number of amides is 1. The van der Waals surface area contributed by atoms with E-state index in [1.165, 1.54) is 12.1 Å². The molecule has 1 aromatic carbocycles. The Kier molecular flexibility index (Phi) is 3.68. The van der Waals surface area contributed by atoms with Crippen LogP contribution in [0.4, 0.5) is 9.18 Å². The summed E-state index contributed by atoms with van der Waals surface area (Å²) < 4.78 is 19.3. The van der Waals surface area contributed by atoms with Gasteiger partial charge in [-0.15, -0.1) is 0 Å². The van der Waals surface area contributed by atoms with Crippen molar-refractivity contribution in [1.82, 2.24) is 4.90 Å². The highest BCUT2D eigenvalue weighted by Crippen LogP contribution is 2.64. The number of ether oxygens (including phenoxy) is 1. The highest BCUT2D eigenvalue weighted by molar-refractivity contribution is 9.10. The minimum Gasteiger partial charge on any atom is -0.444 e. The van der Waals surface area contributed by atoms with Gasteiger partial charge in [-0.2, -0.15) is 5.26 Å². The molecule has 0 N–H and O–H groups in total. The highest BCUT2D eigenvalue weighted by Gasteiger charge is 2.71. The number of hydrogen-bond acceptors (Lipinski definition) is 3. The Morgan fingerprint density at radius 2 is 2.04 bits per heavy atom. The summed E-state index contributed by atoms with van der Waals surface area (Å²) in [6, 6.07) is 6.83. The predicted octanol–water partition coefficient (Wildman–Crippen LogP) is 3.85. The second-order valence-corrected chi connectivity index (χ2v) is 8.06. The molecule has 0 aromatic heterocycles. The van der Waals surface area contributed by atoms with E-state index in [0.29, 0.717) is 17.6 Å². The van der Waals surface area contributed by atoms with E-state index >= 15 is 0 Å². The summed E-state index contributed by atoms with van der Waals surface area (Å²) >= 11 is 3.36. The standard InChI is InChI=1S/C17H18BrFN2O2/c1-16(2,3)23-15(22)21-7-12-13(8-21)17(12,9-20)11-5-4-10(19)6-14(11)18/h4-6,12-13H,7-8H2,1-3H3/t12-,13?,17?/m0/s1. The summed E-state index contributed by atoms with van der Waals surface area (Å²) in [5.74, 6) is -0.196. The number of carbonyl (C=O) groups excluding carboxylic acids is 1. The zero-order valence-corrected chi connectivity index (χ0v) is 14.9. The molecule has 122 valence electrons. The molecule has 0 spiro atoms. The molecule has 3 rings (SSSR count). The second-order valence-electron chi connectivity index (χ2n) is 7.20. The van der Waals surface area contributed by atoms with Crippen molar-refractivity contribution in [3.8, 4) is 6.07 Å². The van der Waals surface area contributed by atoms with Crippen molar-refractivity contribution in [2.75, 3.05) is 13.1 Å². The molecule has 23 heavy (non-hydrogen) atoms.